The highest BCUT2D eigenvalue weighted by atomic mass is 31.2. The predicted octanol–water partition coefficient (Wildman–Crippen LogP) is 23.6. The number of carbonyl (C=O) groups excluding carboxylic acids is 2. The predicted molar refractivity (Wildman–Crippen MR) is 385 cm³/mol. The zero-order valence-corrected chi connectivity index (χ0v) is 60.0. The molecule has 516 valence electrons. The van der Waals surface area contributed by atoms with Crippen molar-refractivity contribution in [1.29, 1.82) is 0 Å². The Morgan fingerprint density at radius 3 is 1.09 bits per heavy atom. The highest BCUT2D eigenvalue weighted by molar-refractivity contribution is 7.45. The fraction of sp³-hybridized carbons (Fsp3) is 0.772. The van der Waals surface area contributed by atoms with E-state index >= 15 is 0 Å². The first-order chi connectivity index (χ1) is 43.4. The molecule has 3 atom stereocenters. The van der Waals surface area contributed by atoms with Crippen molar-refractivity contribution >= 4 is 19.7 Å². The molecule has 0 radical (unpaired) electrons. The molecule has 0 aromatic rings. The average molecular weight is 1260 g/mol. The van der Waals surface area contributed by atoms with Crippen LogP contribution in [0.25, 0.3) is 0 Å². The molecular weight excluding hydrogens is 1120 g/mol. The Morgan fingerprint density at radius 1 is 0.404 bits per heavy atom. The molecule has 0 fully saturated rings. The summed E-state index contributed by atoms with van der Waals surface area (Å²) in [5.74, 6) is -0.544. The van der Waals surface area contributed by atoms with Gasteiger partial charge in [-0.2, -0.15) is 0 Å². The van der Waals surface area contributed by atoms with Gasteiger partial charge < -0.3 is 28.5 Å². The third-order valence-corrected chi connectivity index (χ3v) is 17.5. The lowest BCUT2D eigenvalue weighted by Gasteiger charge is -2.30. The maximum absolute atomic E-state index is 13.6. The van der Waals surface area contributed by atoms with Crippen molar-refractivity contribution in [2.75, 3.05) is 40.9 Å². The number of amides is 1. The largest absolute Gasteiger partial charge is 0.756 e. The van der Waals surface area contributed by atoms with Gasteiger partial charge in [0.25, 0.3) is 7.82 Å². The number of ether oxygens (including phenoxy) is 1. The van der Waals surface area contributed by atoms with E-state index in [1.54, 1.807) is 0 Å². The lowest BCUT2D eigenvalue weighted by atomic mass is 10.0. The molecule has 0 aliphatic carbocycles. The summed E-state index contributed by atoms with van der Waals surface area (Å²) in [5.41, 5.74) is 0. The molecule has 0 rings (SSSR count). The van der Waals surface area contributed by atoms with Crippen LogP contribution in [-0.4, -0.2) is 69.4 Å². The number of likely N-dealkylation sites (N-methyl/N-ethyl adjacent to an activating group) is 1. The Balaban J connectivity index is 4.97. The van der Waals surface area contributed by atoms with Crippen molar-refractivity contribution in [3.05, 3.63) is 97.2 Å². The van der Waals surface area contributed by atoms with Crippen molar-refractivity contribution < 1.29 is 37.3 Å². The Bertz CT molecular complexity index is 1840. The number of carbonyl (C=O) groups is 2. The summed E-state index contributed by atoms with van der Waals surface area (Å²) < 4.78 is 30.5. The number of quaternary nitrogens is 1. The molecule has 0 aliphatic rings. The van der Waals surface area contributed by atoms with Gasteiger partial charge in [-0.05, 0) is 109 Å². The second-order valence-corrected chi connectivity index (χ2v) is 27.8. The van der Waals surface area contributed by atoms with E-state index in [9.17, 15) is 19.0 Å². The summed E-state index contributed by atoms with van der Waals surface area (Å²) >= 11 is 0. The summed E-state index contributed by atoms with van der Waals surface area (Å²) in [7, 11) is 1.18. The third-order valence-electron chi connectivity index (χ3n) is 16.5. The number of nitrogens with one attached hydrogen (secondary N) is 1. The van der Waals surface area contributed by atoms with Gasteiger partial charge in [-0.1, -0.05) is 317 Å². The van der Waals surface area contributed by atoms with Crippen molar-refractivity contribution in [3.63, 3.8) is 0 Å². The molecule has 1 amide bonds. The van der Waals surface area contributed by atoms with Crippen LogP contribution in [0.2, 0.25) is 0 Å². The van der Waals surface area contributed by atoms with Gasteiger partial charge in [-0.25, -0.2) is 0 Å². The summed E-state index contributed by atoms with van der Waals surface area (Å²) in [5, 5.41) is 3.04. The SMILES string of the molecule is CC/C=C\C/C=C\C/C=C\C/C=C\C/C=C\C/C=C\CCCCCCCCCCC(=O)NC(COP(=O)([O-])OCC[N+](C)(C)C)C(/C=C/CCCCCCCCCCC)OC(=O)CCCCCCCCCCCCCCCCC/C=C/CCCCCCCC. The zero-order chi connectivity index (χ0) is 64.9. The van der Waals surface area contributed by atoms with E-state index in [0.29, 0.717) is 17.4 Å². The molecule has 0 aliphatic heterocycles. The van der Waals surface area contributed by atoms with Crippen LogP contribution < -0.4 is 10.2 Å². The van der Waals surface area contributed by atoms with Crippen LogP contribution in [0.5, 0.6) is 0 Å². The van der Waals surface area contributed by atoms with Crippen molar-refractivity contribution in [2.45, 2.75) is 354 Å². The van der Waals surface area contributed by atoms with Gasteiger partial charge in [-0.15, -0.1) is 0 Å². The highest BCUT2D eigenvalue weighted by Crippen LogP contribution is 2.38. The summed E-state index contributed by atoms with van der Waals surface area (Å²) in [6.07, 6.45) is 92.6. The number of unbranched alkanes of at least 4 members (excludes halogenated alkanes) is 38. The fourth-order valence-corrected chi connectivity index (χ4v) is 11.5. The molecule has 0 saturated carbocycles. The number of hydrogen-bond acceptors (Lipinski definition) is 7. The molecule has 89 heavy (non-hydrogen) atoms. The molecular formula is C79H143N2O7P. The maximum atomic E-state index is 13.6. The molecule has 0 bridgehead atoms. The molecule has 0 heterocycles. The van der Waals surface area contributed by atoms with Gasteiger partial charge in [0.2, 0.25) is 5.91 Å². The number of phosphoric acid groups is 1. The van der Waals surface area contributed by atoms with Gasteiger partial charge in [0.05, 0.1) is 33.8 Å². The first-order valence-corrected chi connectivity index (χ1v) is 39.0. The second kappa shape index (κ2) is 67.8. The van der Waals surface area contributed by atoms with Crippen LogP contribution in [0.3, 0.4) is 0 Å². The average Bonchev–Trinajstić information content (AvgIpc) is 3.70. The van der Waals surface area contributed by atoms with Crippen LogP contribution in [-0.2, 0) is 27.9 Å². The van der Waals surface area contributed by atoms with Gasteiger partial charge >= 0.3 is 5.97 Å². The Kier molecular flexibility index (Phi) is 65.5. The van der Waals surface area contributed by atoms with Crippen LogP contribution in [0.15, 0.2) is 97.2 Å². The number of rotatable bonds is 68. The Morgan fingerprint density at radius 2 is 0.719 bits per heavy atom. The summed E-state index contributed by atoms with van der Waals surface area (Å²) in [6, 6.07) is -0.898. The number of allylic oxidation sites excluding steroid dienone is 15. The third kappa shape index (κ3) is 69.1. The number of nitrogens with zero attached hydrogens (tertiary/aromatic N) is 1. The minimum Gasteiger partial charge on any atom is -0.756 e. The number of phosphoric ester groups is 1. The minimum absolute atomic E-state index is 0.0268. The van der Waals surface area contributed by atoms with E-state index < -0.39 is 26.6 Å². The highest BCUT2D eigenvalue weighted by Gasteiger charge is 2.27. The number of esters is 1. The van der Waals surface area contributed by atoms with Gasteiger partial charge in [-0.3, -0.25) is 14.2 Å². The van der Waals surface area contributed by atoms with Crippen molar-refractivity contribution in [3.8, 4) is 0 Å². The molecule has 0 aromatic heterocycles. The molecule has 1 N–H and O–H groups in total. The number of hydrogen-bond donors (Lipinski definition) is 1. The molecule has 0 aromatic carbocycles. The topological polar surface area (TPSA) is 114 Å². The standard InChI is InChI=1S/C79H143N2O7P/c1-7-10-13-16-19-22-25-27-29-31-33-35-37-39-40-42-43-45-47-49-51-53-56-59-62-65-68-71-78(82)80-76(75-87-89(84,85)86-74-73-81(4,5)6)77(70-67-64-61-58-55-24-21-18-15-12-9-3)88-79(83)72-69-66-63-60-57-54-52-50-48-46-44-41-38-36-34-32-30-28-26-23-20-17-14-11-8-2/h10,13,19,22,27-30,33,35,39-40,43,45,67,70,76-77H,7-9,11-12,14-18,20-21,23-26,31-32,34,36-38,41-42,44,46-66,68-69,71-75H2,1-6H3,(H-,80,82,84,85)/b13-10-,22-19-,29-27-,30-28+,35-33-,40-39-,45-43-,70-67+. The molecule has 3 unspecified atom stereocenters. The molecule has 0 spiro atoms. The van der Waals surface area contributed by atoms with Gasteiger partial charge in [0.1, 0.15) is 19.3 Å². The first kappa shape index (κ1) is 85.9. The molecule has 9 nitrogen and oxygen atoms in total. The van der Waals surface area contributed by atoms with Crippen LogP contribution in [0.1, 0.15) is 342 Å². The Hall–Kier alpha value is -3.07. The lowest BCUT2D eigenvalue weighted by Crippen LogP contribution is -2.47. The second-order valence-electron chi connectivity index (χ2n) is 26.4. The van der Waals surface area contributed by atoms with Crippen molar-refractivity contribution in [1.82, 2.24) is 5.32 Å². The Labute approximate surface area is 551 Å². The van der Waals surface area contributed by atoms with Gasteiger partial charge in [0.15, 0.2) is 0 Å². The lowest BCUT2D eigenvalue weighted by molar-refractivity contribution is -0.870. The van der Waals surface area contributed by atoms with Crippen LogP contribution in [0.4, 0.5) is 0 Å². The van der Waals surface area contributed by atoms with E-state index in [1.807, 2.05) is 33.3 Å². The first-order valence-electron chi connectivity index (χ1n) is 37.5. The molecule has 0 saturated heterocycles. The quantitative estimate of drug-likeness (QED) is 0.0212. The van der Waals surface area contributed by atoms with Crippen LogP contribution >= 0.6 is 7.82 Å². The fourth-order valence-electron chi connectivity index (χ4n) is 10.8. The van der Waals surface area contributed by atoms with Gasteiger partial charge in [0, 0.05) is 12.8 Å². The van der Waals surface area contributed by atoms with E-state index in [4.69, 9.17) is 13.8 Å². The normalized spacial score (nSPS) is 14.0. The minimum atomic E-state index is -4.71. The van der Waals surface area contributed by atoms with E-state index in [2.05, 4.69) is 111 Å². The summed E-state index contributed by atoms with van der Waals surface area (Å²) in [4.78, 5) is 40.2. The van der Waals surface area contributed by atoms with E-state index in [0.717, 1.165) is 109 Å². The molecule has 10 heteroatoms. The van der Waals surface area contributed by atoms with E-state index in [1.165, 1.54) is 199 Å². The summed E-state index contributed by atoms with van der Waals surface area (Å²) in [6.45, 7) is 6.75. The van der Waals surface area contributed by atoms with Crippen LogP contribution in [0, 0.1) is 0 Å². The zero-order valence-electron chi connectivity index (χ0n) is 59.1. The maximum Gasteiger partial charge on any atom is 0.306 e. The smallest absolute Gasteiger partial charge is 0.306 e. The van der Waals surface area contributed by atoms with Crippen molar-refractivity contribution in [2.24, 2.45) is 0 Å². The van der Waals surface area contributed by atoms with E-state index in [-0.39, 0.29) is 24.9 Å². The monoisotopic (exact) mass is 1260 g/mol.